The molecule has 1 N–H and O–H groups in total. The predicted molar refractivity (Wildman–Crippen MR) is 109 cm³/mol. The molecule has 28 heavy (non-hydrogen) atoms. The highest BCUT2D eigenvalue weighted by Gasteiger charge is 2.19. The molecule has 1 heterocycles. The van der Waals surface area contributed by atoms with E-state index in [1.165, 1.54) is 0 Å². The Labute approximate surface area is 162 Å². The van der Waals surface area contributed by atoms with Gasteiger partial charge in [0.05, 0.1) is 22.7 Å². The number of nitriles is 1. The maximum absolute atomic E-state index is 13.2. The van der Waals surface area contributed by atoms with Gasteiger partial charge in [-0.15, -0.1) is 10.2 Å². The van der Waals surface area contributed by atoms with Gasteiger partial charge in [0.15, 0.2) is 0 Å². The molecule has 5 nitrogen and oxygen atoms in total. The summed E-state index contributed by atoms with van der Waals surface area (Å²) in [4.78, 5) is 13.2. The Morgan fingerprint density at radius 3 is 2.54 bits per heavy atom. The van der Waals surface area contributed by atoms with Gasteiger partial charge in [0, 0.05) is 16.6 Å². The summed E-state index contributed by atoms with van der Waals surface area (Å²) in [7, 11) is 0. The number of amides is 1. The molecule has 0 spiro atoms. The number of benzene rings is 3. The van der Waals surface area contributed by atoms with E-state index in [-0.39, 0.29) is 5.91 Å². The summed E-state index contributed by atoms with van der Waals surface area (Å²) in [5, 5.41) is 21.3. The summed E-state index contributed by atoms with van der Waals surface area (Å²) in [6.45, 7) is 2.01. The Hall–Kier alpha value is -4.04. The van der Waals surface area contributed by atoms with E-state index in [0.717, 1.165) is 16.5 Å². The number of aryl methyl sites for hydroxylation is 1. The fraction of sp³-hybridized carbons (Fsp3) is 0.0435. The first kappa shape index (κ1) is 17.4. The Morgan fingerprint density at radius 1 is 0.964 bits per heavy atom. The van der Waals surface area contributed by atoms with Crippen LogP contribution in [0.2, 0.25) is 0 Å². The summed E-state index contributed by atoms with van der Waals surface area (Å²) in [6, 6.07) is 24.1. The van der Waals surface area contributed by atoms with Crippen LogP contribution < -0.4 is 5.32 Å². The number of fused-ring (bicyclic) bond motifs is 1. The third-order valence-electron chi connectivity index (χ3n) is 4.47. The van der Waals surface area contributed by atoms with Gasteiger partial charge in [0.25, 0.3) is 5.91 Å². The van der Waals surface area contributed by atoms with Crippen molar-refractivity contribution in [2.24, 2.45) is 0 Å². The number of hydrogen-bond acceptors (Lipinski definition) is 4. The van der Waals surface area contributed by atoms with Crippen molar-refractivity contribution in [3.63, 3.8) is 0 Å². The van der Waals surface area contributed by atoms with Crippen molar-refractivity contribution in [2.75, 3.05) is 5.32 Å². The molecule has 0 atom stereocenters. The average molecular weight is 364 g/mol. The van der Waals surface area contributed by atoms with Crippen molar-refractivity contribution in [1.82, 2.24) is 10.2 Å². The average Bonchev–Trinajstić information content (AvgIpc) is 2.73. The van der Waals surface area contributed by atoms with Crippen molar-refractivity contribution in [1.29, 1.82) is 5.26 Å². The zero-order valence-electron chi connectivity index (χ0n) is 15.2. The quantitative estimate of drug-likeness (QED) is 0.570. The maximum atomic E-state index is 13.2. The molecule has 0 aliphatic heterocycles. The zero-order chi connectivity index (χ0) is 19.5. The fourth-order valence-corrected chi connectivity index (χ4v) is 3.06. The van der Waals surface area contributed by atoms with Gasteiger partial charge < -0.3 is 5.32 Å². The summed E-state index contributed by atoms with van der Waals surface area (Å²) >= 11 is 0. The minimum absolute atomic E-state index is 0.295. The molecule has 4 aromatic rings. The van der Waals surface area contributed by atoms with Crippen LogP contribution in [0.25, 0.3) is 22.2 Å². The second kappa shape index (κ2) is 7.29. The number of nitrogens with one attached hydrogen (secondary N) is 1. The van der Waals surface area contributed by atoms with E-state index in [4.69, 9.17) is 5.26 Å². The molecule has 134 valence electrons. The molecule has 1 amide bonds. The summed E-state index contributed by atoms with van der Waals surface area (Å²) in [6.07, 6.45) is 0. The minimum atomic E-state index is -0.295. The predicted octanol–water partition coefficient (Wildman–Crippen LogP) is 4.73. The van der Waals surface area contributed by atoms with Gasteiger partial charge >= 0.3 is 0 Å². The molecule has 0 fully saturated rings. The molecule has 0 bridgehead atoms. The Kier molecular flexibility index (Phi) is 4.53. The maximum Gasteiger partial charge on any atom is 0.258 e. The number of aromatic nitrogens is 2. The lowest BCUT2D eigenvalue weighted by atomic mass is 10.0. The molecule has 3 aromatic carbocycles. The van der Waals surface area contributed by atoms with E-state index in [1.54, 1.807) is 24.3 Å². The lowest BCUT2D eigenvalue weighted by Crippen LogP contribution is -2.15. The van der Waals surface area contributed by atoms with Gasteiger partial charge in [-0.25, -0.2) is 0 Å². The zero-order valence-corrected chi connectivity index (χ0v) is 15.2. The van der Waals surface area contributed by atoms with E-state index in [2.05, 4.69) is 21.6 Å². The molecule has 5 heteroatoms. The summed E-state index contributed by atoms with van der Waals surface area (Å²) in [5.74, 6) is -0.295. The van der Waals surface area contributed by atoms with Crippen molar-refractivity contribution in [3.05, 3.63) is 89.5 Å². The number of rotatable bonds is 3. The van der Waals surface area contributed by atoms with Crippen LogP contribution in [0.1, 0.15) is 21.5 Å². The SMILES string of the molecule is Cc1ccc(-c2nnc3ccccc3c2C(=O)Nc2cccc(C#N)c2)cc1. The smallest absolute Gasteiger partial charge is 0.258 e. The lowest BCUT2D eigenvalue weighted by molar-refractivity contribution is 0.102. The van der Waals surface area contributed by atoms with E-state index in [9.17, 15) is 4.79 Å². The number of anilines is 1. The molecule has 4 rings (SSSR count). The van der Waals surface area contributed by atoms with Crippen molar-refractivity contribution in [3.8, 4) is 17.3 Å². The highest BCUT2D eigenvalue weighted by atomic mass is 16.1. The molecule has 0 radical (unpaired) electrons. The van der Waals surface area contributed by atoms with E-state index in [0.29, 0.717) is 28.0 Å². The van der Waals surface area contributed by atoms with Crippen molar-refractivity contribution < 1.29 is 4.79 Å². The fourth-order valence-electron chi connectivity index (χ4n) is 3.06. The molecule has 0 unspecified atom stereocenters. The minimum Gasteiger partial charge on any atom is -0.322 e. The van der Waals surface area contributed by atoms with Gasteiger partial charge in [-0.3, -0.25) is 4.79 Å². The van der Waals surface area contributed by atoms with Crippen LogP contribution in [-0.4, -0.2) is 16.1 Å². The highest BCUT2D eigenvalue weighted by Crippen LogP contribution is 2.28. The molecular formula is C23H16N4O. The summed E-state index contributed by atoms with van der Waals surface area (Å²) < 4.78 is 0. The van der Waals surface area contributed by atoms with Gasteiger partial charge in [-0.1, -0.05) is 54.1 Å². The van der Waals surface area contributed by atoms with E-state index < -0.39 is 0 Å². The number of nitrogens with zero attached hydrogens (tertiary/aromatic N) is 3. The van der Waals surface area contributed by atoms with E-state index >= 15 is 0 Å². The standard InChI is InChI=1S/C23H16N4O/c1-15-9-11-17(12-10-15)22-21(19-7-2-3-8-20(19)26-27-22)23(28)25-18-6-4-5-16(13-18)14-24/h2-13H,1H3,(H,25,28). The monoisotopic (exact) mass is 364 g/mol. The topological polar surface area (TPSA) is 78.7 Å². The first-order chi connectivity index (χ1) is 13.7. The number of hydrogen-bond donors (Lipinski definition) is 1. The second-order valence-electron chi connectivity index (χ2n) is 6.45. The van der Waals surface area contributed by atoms with Crippen molar-refractivity contribution in [2.45, 2.75) is 6.92 Å². The van der Waals surface area contributed by atoms with Crippen molar-refractivity contribution >= 4 is 22.5 Å². The van der Waals surface area contributed by atoms with Crippen LogP contribution in [0, 0.1) is 18.3 Å². The molecule has 0 saturated carbocycles. The van der Waals surface area contributed by atoms with Gasteiger partial charge in [-0.05, 0) is 31.2 Å². The molecular weight excluding hydrogens is 348 g/mol. The number of carbonyl (C=O) groups is 1. The van der Waals surface area contributed by atoms with E-state index in [1.807, 2.05) is 55.5 Å². The first-order valence-electron chi connectivity index (χ1n) is 8.80. The molecule has 0 saturated heterocycles. The third-order valence-corrected chi connectivity index (χ3v) is 4.47. The summed E-state index contributed by atoms with van der Waals surface area (Å²) in [5.41, 5.74) is 4.60. The first-order valence-corrected chi connectivity index (χ1v) is 8.80. The molecule has 0 aliphatic carbocycles. The second-order valence-corrected chi connectivity index (χ2v) is 6.45. The van der Waals surface area contributed by atoms with Crippen LogP contribution in [0.3, 0.4) is 0 Å². The Morgan fingerprint density at radius 2 is 1.75 bits per heavy atom. The van der Waals surface area contributed by atoms with Gasteiger partial charge in [0.2, 0.25) is 0 Å². The normalized spacial score (nSPS) is 10.4. The number of carbonyl (C=O) groups excluding carboxylic acids is 1. The molecule has 1 aromatic heterocycles. The molecule has 0 aliphatic rings. The van der Waals surface area contributed by atoms with Gasteiger partial charge in [0.1, 0.15) is 5.69 Å². The Balaban J connectivity index is 1.85. The van der Waals surface area contributed by atoms with Crippen LogP contribution >= 0.6 is 0 Å². The highest BCUT2D eigenvalue weighted by molar-refractivity contribution is 6.15. The Bertz CT molecular complexity index is 1220. The van der Waals surface area contributed by atoms with Crippen LogP contribution in [0.15, 0.2) is 72.8 Å². The third kappa shape index (κ3) is 3.31. The van der Waals surface area contributed by atoms with Crippen LogP contribution in [0.5, 0.6) is 0 Å². The lowest BCUT2D eigenvalue weighted by Gasteiger charge is -2.12. The van der Waals surface area contributed by atoms with Crippen LogP contribution in [0.4, 0.5) is 5.69 Å². The van der Waals surface area contributed by atoms with Gasteiger partial charge in [-0.2, -0.15) is 5.26 Å². The largest absolute Gasteiger partial charge is 0.322 e. The van der Waals surface area contributed by atoms with Crippen LogP contribution in [-0.2, 0) is 0 Å².